The Kier molecular flexibility index (Phi) is 7.94. The first-order valence-electron chi connectivity index (χ1n) is 10.4. The molecular formula is C23H38N2O6. The predicted molar refractivity (Wildman–Crippen MR) is 119 cm³/mol. The maximum absolute atomic E-state index is 11.8. The van der Waals surface area contributed by atoms with Gasteiger partial charge in [0.1, 0.15) is 12.3 Å². The number of hydrogen-bond donors (Lipinski definition) is 3. The van der Waals surface area contributed by atoms with Gasteiger partial charge in [-0.1, -0.05) is 28.7 Å². The zero-order valence-electron chi connectivity index (χ0n) is 17.0. The van der Waals surface area contributed by atoms with Crippen LogP contribution in [0.3, 0.4) is 0 Å². The molecule has 2 aliphatic heterocycles. The van der Waals surface area contributed by atoms with Crippen molar-refractivity contribution in [2.75, 3.05) is 0 Å². The molecule has 8 nitrogen and oxygen atoms in total. The van der Waals surface area contributed by atoms with Gasteiger partial charge in [-0.25, -0.2) is 4.79 Å². The Bertz CT molecular complexity index is 877. The lowest BCUT2D eigenvalue weighted by molar-refractivity contribution is -0.0221. The molecule has 0 amide bonds. The number of nitrogens with zero attached hydrogens (tertiary/aromatic N) is 1. The van der Waals surface area contributed by atoms with Gasteiger partial charge in [-0.05, 0) is 37.7 Å². The highest BCUT2D eigenvalue weighted by Crippen LogP contribution is 2.45. The number of rotatable bonds is 1. The Balaban J connectivity index is 0.000000243. The van der Waals surface area contributed by atoms with Crippen LogP contribution >= 0.6 is 0 Å². The van der Waals surface area contributed by atoms with E-state index in [-0.39, 0.29) is 56.7 Å². The maximum Gasteiger partial charge on any atom is 0.330 e. The van der Waals surface area contributed by atoms with Crippen LogP contribution in [-0.4, -0.2) is 44.2 Å². The number of ether oxygens (including phenoxy) is 2. The second-order valence-corrected chi connectivity index (χ2v) is 9.00. The number of hydrogen-bond acceptors (Lipinski definition) is 6. The molecule has 0 radical (unpaired) electrons. The van der Waals surface area contributed by atoms with Crippen LogP contribution in [0.25, 0.3) is 0 Å². The first-order chi connectivity index (χ1) is 13.8. The summed E-state index contributed by atoms with van der Waals surface area (Å²) in [6.45, 7) is 5.83. The molecule has 3 N–H and O–H groups in total. The van der Waals surface area contributed by atoms with Gasteiger partial charge in [0.05, 0.1) is 24.6 Å². The Hall–Kier alpha value is -1.90. The summed E-state index contributed by atoms with van der Waals surface area (Å²) >= 11 is 0. The molecule has 2 aliphatic carbocycles. The molecule has 5 rings (SSSR count). The number of aliphatic hydroxyl groups is 2. The second-order valence-electron chi connectivity index (χ2n) is 9.00. The van der Waals surface area contributed by atoms with Crippen molar-refractivity contribution < 1.29 is 19.7 Å². The van der Waals surface area contributed by atoms with E-state index in [1.807, 2.05) is 6.08 Å². The summed E-state index contributed by atoms with van der Waals surface area (Å²) in [5.41, 5.74) is -0.343. The molecule has 0 spiro atoms. The van der Waals surface area contributed by atoms with Crippen molar-refractivity contribution in [3.63, 3.8) is 0 Å². The maximum atomic E-state index is 11.8. The third-order valence-corrected chi connectivity index (χ3v) is 6.87. The lowest BCUT2D eigenvalue weighted by Gasteiger charge is -2.18. The lowest BCUT2D eigenvalue weighted by Crippen LogP contribution is -2.33. The molecule has 2 saturated carbocycles. The van der Waals surface area contributed by atoms with Gasteiger partial charge in [0.25, 0.3) is 5.56 Å². The minimum Gasteiger partial charge on any atom is -0.497 e. The minimum absolute atomic E-state index is 0. The highest BCUT2D eigenvalue weighted by atomic mass is 16.5. The van der Waals surface area contributed by atoms with Gasteiger partial charge < -0.3 is 19.7 Å². The Labute approximate surface area is 183 Å². The highest BCUT2D eigenvalue weighted by molar-refractivity contribution is 5.06. The van der Waals surface area contributed by atoms with E-state index in [9.17, 15) is 19.8 Å². The molecular weight excluding hydrogens is 400 g/mol. The molecule has 1 aromatic heterocycles. The number of aryl methyl sites for hydroxylation is 1. The van der Waals surface area contributed by atoms with Crippen LogP contribution in [0.2, 0.25) is 0 Å². The van der Waals surface area contributed by atoms with Crippen molar-refractivity contribution in [3.8, 4) is 0 Å². The summed E-state index contributed by atoms with van der Waals surface area (Å²) in [5, 5.41) is 19.4. The Morgan fingerprint density at radius 2 is 1.68 bits per heavy atom. The van der Waals surface area contributed by atoms with E-state index in [4.69, 9.17) is 9.47 Å². The van der Waals surface area contributed by atoms with Gasteiger partial charge >= 0.3 is 5.69 Å². The van der Waals surface area contributed by atoms with Crippen molar-refractivity contribution in [1.82, 2.24) is 9.55 Å². The molecule has 8 heteroatoms. The normalized spacial score (nSPS) is 39.5. The quantitative estimate of drug-likeness (QED) is 0.620. The third-order valence-electron chi connectivity index (χ3n) is 6.87. The number of nitrogens with one attached hydrogen (secondary N) is 1. The van der Waals surface area contributed by atoms with Crippen LogP contribution in [0.5, 0.6) is 0 Å². The van der Waals surface area contributed by atoms with Crippen molar-refractivity contribution in [2.45, 2.75) is 85.5 Å². The highest BCUT2D eigenvalue weighted by Gasteiger charge is 2.48. The minimum atomic E-state index is -0.456. The average Bonchev–Trinajstić information content (AvgIpc) is 3.40. The molecule has 0 bridgehead atoms. The Morgan fingerprint density at radius 3 is 2.32 bits per heavy atom. The summed E-state index contributed by atoms with van der Waals surface area (Å²) in [7, 11) is 0. The van der Waals surface area contributed by atoms with Crippen molar-refractivity contribution in [2.24, 2.45) is 23.7 Å². The van der Waals surface area contributed by atoms with Gasteiger partial charge in [0.15, 0.2) is 0 Å². The molecule has 31 heavy (non-hydrogen) atoms. The third kappa shape index (κ3) is 4.66. The average molecular weight is 439 g/mol. The summed E-state index contributed by atoms with van der Waals surface area (Å²) in [6.07, 6.45) is 6.81. The number of fused-ring (bicyclic) bond motifs is 2. The molecule has 0 aromatic carbocycles. The second kappa shape index (κ2) is 9.71. The van der Waals surface area contributed by atoms with Crippen LogP contribution in [0.1, 0.15) is 59.8 Å². The lowest BCUT2D eigenvalue weighted by atomic mass is 10.0. The van der Waals surface area contributed by atoms with Crippen LogP contribution in [0.15, 0.2) is 28.1 Å². The molecule has 4 aliphatic rings. The standard InChI is InChI=1S/C13H18N2O4.C8H12O2.2CH4/c1-6-3-9(16)8-4-10(19-11(6)8)15-5-7(2)12(17)14-13(15)18;1-5-4-7(9)6-2-3-10-8(5)6;;/h5-6,8-11,16H,3-4H2,1-2H3,(H,14,17,18);2-3,5-9H,4H2,1H3;2*1H4/t6-,8+,9-,10-,11-;5-,6+,7-,8-;;/m11../s1. The summed E-state index contributed by atoms with van der Waals surface area (Å²) in [4.78, 5) is 25.5. The Morgan fingerprint density at radius 1 is 1.03 bits per heavy atom. The zero-order chi connectivity index (χ0) is 20.9. The van der Waals surface area contributed by atoms with Crippen molar-refractivity contribution >= 4 is 0 Å². The molecule has 176 valence electrons. The van der Waals surface area contributed by atoms with E-state index >= 15 is 0 Å². The smallest absolute Gasteiger partial charge is 0.330 e. The van der Waals surface area contributed by atoms with Crippen LogP contribution in [0.4, 0.5) is 0 Å². The zero-order valence-corrected chi connectivity index (χ0v) is 17.0. The summed E-state index contributed by atoms with van der Waals surface area (Å²) < 4.78 is 12.7. The van der Waals surface area contributed by atoms with Crippen LogP contribution < -0.4 is 11.2 Å². The molecule has 3 heterocycles. The number of aliphatic hydroxyl groups excluding tert-OH is 2. The molecule has 9 atom stereocenters. The molecule has 0 unspecified atom stereocenters. The van der Waals surface area contributed by atoms with Gasteiger partial charge in [-0.15, -0.1) is 0 Å². The van der Waals surface area contributed by atoms with Crippen molar-refractivity contribution in [1.29, 1.82) is 0 Å². The fourth-order valence-corrected chi connectivity index (χ4v) is 5.27. The predicted octanol–water partition coefficient (Wildman–Crippen LogP) is 2.34. The van der Waals surface area contributed by atoms with Crippen LogP contribution in [-0.2, 0) is 9.47 Å². The number of aromatic amines is 1. The van der Waals surface area contributed by atoms with Crippen LogP contribution in [0, 0.1) is 30.6 Å². The van der Waals surface area contributed by atoms with E-state index in [2.05, 4.69) is 18.8 Å². The van der Waals surface area contributed by atoms with Gasteiger partial charge in [-0.3, -0.25) is 14.3 Å². The number of aromatic nitrogens is 2. The summed E-state index contributed by atoms with van der Waals surface area (Å²) in [5.74, 6) is 1.16. The van der Waals surface area contributed by atoms with E-state index in [1.165, 1.54) is 10.8 Å². The first-order valence-corrected chi connectivity index (χ1v) is 10.4. The molecule has 3 fully saturated rings. The van der Waals surface area contributed by atoms with E-state index in [0.29, 0.717) is 23.8 Å². The van der Waals surface area contributed by atoms with E-state index in [0.717, 1.165) is 12.8 Å². The van der Waals surface area contributed by atoms with E-state index < -0.39 is 11.9 Å². The molecule has 1 saturated heterocycles. The fraction of sp³-hybridized carbons (Fsp3) is 0.739. The van der Waals surface area contributed by atoms with Crippen molar-refractivity contribution in [3.05, 3.63) is 44.9 Å². The van der Waals surface area contributed by atoms with Gasteiger partial charge in [0, 0.05) is 30.0 Å². The SMILES string of the molecule is C.C.C[C@@H]1C[C@@H](O)[C@@H]2C=CO[C@@H]21.Cc1cn([C@H]2C[C@@H]3[C@H](O2)[C@H](C)C[C@H]3O)c(=O)[nH]c1=O. The fourth-order valence-electron chi connectivity index (χ4n) is 5.27. The summed E-state index contributed by atoms with van der Waals surface area (Å²) in [6, 6.07) is 0. The van der Waals surface area contributed by atoms with Gasteiger partial charge in [0.2, 0.25) is 0 Å². The van der Waals surface area contributed by atoms with E-state index in [1.54, 1.807) is 13.2 Å². The monoisotopic (exact) mass is 438 g/mol. The largest absolute Gasteiger partial charge is 0.497 e. The van der Waals surface area contributed by atoms with Gasteiger partial charge in [-0.2, -0.15) is 0 Å². The topological polar surface area (TPSA) is 114 Å². The number of H-pyrrole nitrogens is 1. The molecule has 1 aromatic rings. The first kappa shape index (κ1) is 25.4.